The maximum absolute atomic E-state index is 10.5. The van der Waals surface area contributed by atoms with Gasteiger partial charge in [0, 0.05) is 18.0 Å². The van der Waals surface area contributed by atoms with Crippen LogP contribution in [0, 0.1) is 0 Å². The lowest BCUT2D eigenvalue weighted by atomic mass is 9.99. The number of ether oxygens (including phenoxy) is 1. The predicted octanol–water partition coefficient (Wildman–Crippen LogP) is 3.48. The van der Waals surface area contributed by atoms with Crippen molar-refractivity contribution >= 4 is 23.1 Å². The van der Waals surface area contributed by atoms with Crippen LogP contribution in [0.5, 0.6) is 5.75 Å². The third-order valence-electron chi connectivity index (χ3n) is 3.39. The lowest BCUT2D eigenvalue weighted by Gasteiger charge is -2.23. The molecule has 1 aromatic heterocycles. The van der Waals surface area contributed by atoms with E-state index in [-0.39, 0.29) is 0 Å². The fourth-order valence-electron chi connectivity index (χ4n) is 2.11. The Bertz CT molecular complexity index is 568. The molecule has 0 amide bonds. The van der Waals surface area contributed by atoms with Crippen LogP contribution in [0.25, 0.3) is 0 Å². The molecule has 2 rings (SSSR count). The quantitative estimate of drug-likeness (QED) is 0.766. The molecule has 0 spiro atoms. The molecule has 0 aliphatic rings. The molecule has 5 heteroatoms. The van der Waals surface area contributed by atoms with Gasteiger partial charge in [0.15, 0.2) is 0 Å². The molecule has 1 atom stereocenters. The molecule has 0 bridgehead atoms. The highest BCUT2D eigenvalue weighted by Gasteiger charge is 2.22. The monoisotopic (exact) mass is 323 g/mol. The van der Waals surface area contributed by atoms with Gasteiger partial charge in [0.25, 0.3) is 0 Å². The van der Waals surface area contributed by atoms with Gasteiger partial charge in [-0.05, 0) is 53.3 Å². The van der Waals surface area contributed by atoms with Crippen molar-refractivity contribution < 1.29 is 9.84 Å². The second kappa shape index (κ2) is 7.31. The van der Waals surface area contributed by atoms with Crippen molar-refractivity contribution in [3.63, 3.8) is 0 Å². The number of hydrogen-bond donors (Lipinski definition) is 2. The van der Waals surface area contributed by atoms with Crippen LogP contribution in [0.15, 0.2) is 39.9 Å². The van der Waals surface area contributed by atoms with Crippen LogP contribution in [0.3, 0.4) is 0 Å². The number of thioether (sulfide) groups is 1. The van der Waals surface area contributed by atoms with Crippen molar-refractivity contribution in [2.75, 3.05) is 19.9 Å². The van der Waals surface area contributed by atoms with Gasteiger partial charge in [0.2, 0.25) is 0 Å². The standard InChI is InChI=1S/C16H21NO2S2/c1-16(18,13-6-7-21-10-13)11-17-9-12-4-5-14(19-2)15(8-12)20-3/h4-8,10,17-18H,9,11H2,1-3H3. The molecule has 3 nitrogen and oxygen atoms in total. The third-order valence-corrected chi connectivity index (χ3v) is 4.83. The van der Waals surface area contributed by atoms with E-state index in [0.717, 1.165) is 22.8 Å². The molecule has 0 fully saturated rings. The molecule has 1 unspecified atom stereocenters. The fourth-order valence-corrected chi connectivity index (χ4v) is 3.52. The number of rotatable bonds is 7. The van der Waals surface area contributed by atoms with E-state index in [1.54, 1.807) is 30.2 Å². The summed E-state index contributed by atoms with van der Waals surface area (Å²) in [7, 11) is 1.69. The Hall–Kier alpha value is -1.01. The minimum absolute atomic E-state index is 0.518. The zero-order chi connectivity index (χ0) is 15.3. The Morgan fingerprint density at radius 2 is 2.19 bits per heavy atom. The molecule has 0 aliphatic carbocycles. The Kier molecular flexibility index (Phi) is 5.70. The fraction of sp³-hybridized carbons (Fsp3) is 0.375. The van der Waals surface area contributed by atoms with Gasteiger partial charge in [0.05, 0.1) is 12.7 Å². The lowest BCUT2D eigenvalue weighted by molar-refractivity contribution is 0.0571. The second-order valence-electron chi connectivity index (χ2n) is 5.08. The number of benzene rings is 1. The molecular weight excluding hydrogens is 302 g/mol. The molecule has 0 saturated heterocycles. The lowest BCUT2D eigenvalue weighted by Crippen LogP contribution is -2.34. The molecule has 2 N–H and O–H groups in total. The summed E-state index contributed by atoms with van der Waals surface area (Å²) in [5, 5.41) is 17.8. The van der Waals surface area contributed by atoms with E-state index in [4.69, 9.17) is 4.74 Å². The van der Waals surface area contributed by atoms with E-state index in [1.165, 1.54) is 5.56 Å². The molecule has 0 aliphatic heterocycles. The van der Waals surface area contributed by atoms with E-state index in [9.17, 15) is 5.11 Å². The summed E-state index contributed by atoms with van der Waals surface area (Å²) in [6.07, 6.45) is 2.04. The smallest absolute Gasteiger partial charge is 0.132 e. The highest BCUT2D eigenvalue weighted by Crippen LogP contribution is 2.28. The van der Waals surface area contributed by atoms with E-state index < -0.39 is 5.60 Å². The zero-order valence-electron chi connectivity index (χ0n) is 12.6. The average molecular weight is 323 g/mol. The first kappa shape index (κ1) is 16.4. The van der Waals surface area contributed by atoms with Gasteiger partial charge in [0.1, 0.15) is 5.75 Å². The van der Waals surface area contributed by atoms with Crippen molar-refractivity contribution in [2.45, 2.75) is 24.0 Å². The number of hydrogen-bond acceptors (Lipinski definition) is 5. The minimum Gasteiger partial charge on any atom is -0.496 e. The normalized spacial score (nSPS) is 13.9. The topological polar surface area (TPSA) is 41.5 Å². The summed E-state index contributed by atoms with van der Waals surface area (Å²) in [6.45, 7) is 3.08. The number of thiophene rings is 1. The van der Waals surface area contributed by atoms with Crippen LogP contribution in [0.1, 0.15) is 18.1 Å². The Morgan fingerprint density at radius 3 is 2.81 bits per heavy atom. The van der Waals surface area contributed by atoms with Crippen molar-refractivity contribution in [1.29, 1.82) is 0 Å². The van der Waals surface area contributed by atoms with Crippen LogP contribution in [0.2, 0.25) is 0 Å². The van der Waals surface area contributed by atoms with Crippen LogP contribution < -0.4 is 10.1 Å². The first-order valence-corrected chi connectivity index (χ1v) is 8.90. The molecule has 1 aromatic carbocycles. The van der Waals surface area contributed by atoms with Crippen LogP contribution in [-0.4, -0.2) is 25.0 Å². The first-order valence-electron chi connectivity index (χ1n) is 6.73. The molecule has 2 aromatic rings. The summed E-state index contributed by atoms with van der Waals surface area (Å²) in [5.41, 5.74) is 1.30. The van der Waals surface area contributed by atoms with Crippen LogP contribution in [0.4, 0.5) is 0 Å². The molecule has 21 heavy (non-hydrogen) atoms. The van der Waals surface area contributed by atoms with Gasteiger partial charge in [-0.2, -0.15) is 11.3 Å². The summed E-state index contributed by atoms with van der Waals surface area (Å²) in [6, 6.07) is 8.12. The van der Waals surface area contributed by atoms with Gasteiger partial charge in [-0.25, -0.2) is 0 Å². The number of aliphatic hydroxyl groups is 1. The van der Waals surface area contributed by atoms with Crippen molar-refractivity contribution in [1.82, 2.24) is 5.32 Å². The summed E-state index contributed by atoms with van der Waals surface area (Å²) in [4.78, 5) is 1.13. The maximum Gasteiger partial charge on any atom is 0.132 e. The van der Waals surface area contributed by atoms with Gasteiger partial charge < -0.3 is 15.2 Å². The molecule has 114 valence electrons. The number of methoxy groups -OCH3 is 1. The molecule has 0 saturated carbocycles. The van der Waals surface area contributed by atoms with Gasteiger partial charge in [-0.1, -0.05) is 6.07 Å². The van der Waals surface area contributed by atoms with Crippen molar-refractivity contribution in [2.24, 2.45) is 0 Å². The molecule has 1 heterocycles. The van der Waals surface area contributed by atoms with Gasteiger partial charge >= 0.3 is 0 Å². The Labute approximate surface area is 134 Å². The van der Waals surface area contributed by atoms with Crippen LogP contribution >= 0.6 is 23.1 Å². The Morgan fingerprint density at radius 1 is 1.38 bits per heavy atom. The van der Waals surface area contributed by atoms with E-state index in [1.807, 2.05) is 42.1 Å². The number of nitrogens with one attached hydrogen (secondary N) is 1. The molecular formula is C16H21NO2S2. The highest BCUT2D eigenvalue weighted by atomic mass is 32.2. The summed E-state index contributed by atoms with van der Waals surface area (Å²) < 4.78 is 5.32. The SMILES string of the molecule is COc1ccc(CNCC(C)(O)c2ccsc2)cc1SC. The zero-order valence-corrected chi connectivity index (χ0v) is 14.2. The third kappa shape index (κ3) is 4.23. The highest BCUT2D eigenvalue weighted by molar-refractivity contribution is 7.98. The van der Waals surface area contributed by atoms with Crippen molar-refractivity contribution in [3.8, 4) is 5.75 Å². The van der Waals surface area contributed by atoms with Gasteiger partial charge in [-0.3, -0.25) is 0 Å². The van der Waals surface area contributed by atoms with Crippen molar-refractivity contribution in [3.05, 3.63) is 46.2 Å². The average Bonchev–Trinajstić information content (AvgIpc) is 3.02. The Balaban J connectivity index is 1.94. The second-order valence-corrected chi connectivity index (χ2v) is 6.71. The summed E-state index contributed by atoms with van der Waals surface area (Å²) in [5.74, 6) is 0.900. The summed E-state index contributed by atoms with van der Waals surface area (Å²) >= 11 is 3.27. The van der Waals surface area contributed by atoms with E-state index in [0.29, 0.717) is 6.54 Å². The van der Waals surface area contributed by atoms with E-state index >= 15 is 0 Å². The van der Waals surface area contributed by atoms with Gasteiger partial charge in [-0.15, -0.1) is 11.8 Å². The van der Waals surface area contributed by atoms with E-state index in [2.05, 4.69) is 11.4 Å². The first-order chi connectivity index (χ1) is 10.1. The predicted molar refractivity (Wildman–Crippen MR) is 90.4 cm³/mol. The van der Waals surface area contributed by atoms with Crippen LogP contribution in [-0.2, 0) is 12.1 Å². The largest absolute Gasteiger partial charge is 0.496 e. The maximum atomic E-state index is 10.5. The molecule has 0 radical (unpaired) electrons. The minimum atomic E-state index is -0.838.